The Kier molecular flexibility index (Phi) is 9.34. The molecule has 0 N–H and O–H groups in total. The molecular weight excluding hydrogens is 310 g/mol. The fourth-order valence-corrected chi connectivity index (χ4v) is 2.07. The standard InChI is InChI=1S/C18H27NO5/c1-4-6-12-19(13-11-18(21)22-3)17(20)14-24-16-9-7-15(8-10-16)23-5-2/h7-10H,4-6,11-14H2,1-3H3. The number of methoxy groups -OCH3 is 1. The van der Waals surface area contributed by atoms with Crippen molar-refractivity contribution in [3.05, 3.63) is 24.3 Å². The average molecular weight is 337 g/mol. The van der Waals surface area contributed by atoms with Crippen LogP contribution in [0.1, 0.15) is 33.1 Å². The number of carbonyl (C=O) groups excluding carboxylic acids is 2. The molecule has 134 valence electrons. The van der Waals surface area contributed by atoms with E-state index in [0.29, 0.717) is 25.4 Å². The molecule has 6 nitrogen and oxygen atoms in total. The Morgan fingerprint density at radius 1 is 1.00 bits per heavy atom. The smallest absolute Gasteiger partial charge is 0.307 e. The van der Waals surface area contributed by atoms with Crippen LogP contribution in [0, 0.1) is 0 Å². The van der Waals surface area contributed by atoms with E-state index >= 15 is 0 Å². The SMILES string of the molecule is CCCCN(CCC(=O)OC)C(=O)COc1ccc(OCC)cc1. The summed E-state index contributed by atoms with van der Waals surface area (Å²) in [5, 5.41) is 0. The van der Waals surface area contributed by atoms with Crippen LogP contribution in [0.25, 0.3) is 0 Å². The molecule has 0 saturated heterocycles. The Hall–Kier alpha value is -2.24. The van der Waals surface area contributed by atoms with Gasteiger partial charge >= 0.3 is 5.97 Å². The summed E-state index contributed by atoms with van der Waals surface area (Å²) in [4.78, 5) is 25.2. The van der Waals surface area contributed by atoms with Crippen LogP contribution in [0.4, 0.5) is 0 Å². The van der Waals surface area contributed by atoms with Gasteiger partial charge in [0.1, 0.15) is 11.5 Å². The number of carbonyl (C=O) groups is 2. The molecule has 0 heterocycles. The molecule has 0 aromatic heterocycles. The Bertz CT molecular complexity index is 501. The molecule has 24 heavy (non-hydrogen) atoms. The zero-order chi connectivity index (χ0) is 17.8. The largest absolute Gasteiger partial charge is 0.494 e. The third-order valence-corrected chi connectivity index (χ3v) is 3.44. The molecule has 0 unspecified atom stereocenters. The van der Waals surface area contributed by atoms with Gasteiger partial charge < -0.3 is 19.1 Å². The third kappa shape index (κ3) is 7.35. The number of rotatable bonds is 11. The topological polar surface area (TPSA) is 65.1 Å². The summed E-state index contributed by atoms with van der Waals surface area (Å²) in [5.41, 5.74) is 0. The second-order valence-corrected chi connectivity index (χ2v) is 5.25. The third-order valence-electron chi connectivity index (χ3n) is 3.44. The molecule has 1 rings (SSSR count). The number of amides is 1. The number of hydrogen-bond acceptors (Lipinski definition) is 5. The molecule has 1 aromatic rings. The Morgan fingerprint density at radius 2 is 1.62 bits per heavy atom. The van der Waals surface area contributed by atoms with Crippen LogP contribution in [0.2, 0.25) is 0 Å². The molecular formula is C18H27NO5. The molecule has 6 heteroatoms. The van der Waals surface area contributed by atoms with Crippen molar-refractivity contribution in [1.82, 2.24) is 4.90 Å². The predicted octanol–water partition coefficient (Wildman–Crippen LogP) is 2.66. The molecule has 0 fully saturated rings. The zero-order valence-corrected chi connectivity index (χ0v) is 14.7. The fraction of sp³-hybridized carbons (Fsp3) is 0.556. The summed E-state index contributed by atoms with van der Waals surface area (Å²) in [6, 6.07) is 7.14. The first-order valence-corrected chi connectivity index (χ1v) is 8.30. The Morgan fingerprint density at radius 3 is 2.17 bits per heavy atom. The van der Waals surface area contributed by atoms with Crippen molar-refractivity contribution in [2.45, 2.75) is 33.1 Å². The van der Waals surface area contributed by atoms with Crippen molar-refractivity contribution in [1.29, 1.82) is 0 Å². The van der Waals surface area contributed by atoms with Crippen molar-refractivity contribution in [3.8, 4) is 11.5 Å². The lowest BCUT2D eigenvalue weighted by Gasteiger charge is -2.22. The van der Waals surface area contributed by atoms with Gasteiger partial charge in [-0.2, -0.15) is 0 Å². The quantitative estimate of drug-likeness (QED) is 0.581. The highest BCUT2D eigenvalue weighted by Crippen LogP contribution is 2.17. The van der Waals surface area contributed by atoms with Gasteiger partial charge in [-0.15, -0.1) is 0 Å². The van der Waals surface area contributed by atoms with E-state index < -0.39 is 0 Å². The molecule has 0 aliphatic heterocycles. The van der Waals surface area contributed by atoms with Gasteiger partial charge in [0.15, 0.2) is 6.61 Å². The van der Waals surface area contributed by atoms with Gasteiger partial charge in [0.05, 0.1) is 20.1 Å². The molecule has 1 amide bonds. The minimum absolute atomic E-state index is 0.0567. The van der Waals surface area contributed by atoms with Crippen LogP contribution in [-0.4, -0.2) is 50.2 Å². The number of unbranched alkanes of at least 4 members (excludes halogenated alkanes) is 1. The van der Waals surface area contributed by atoms with E-state index in [1.807, 2.05) is 6.92 Å². The first-order chi connectivity index (χ1) is 11.6. The number of nitrogens with zero attached hydrogens (tertiary/aromatic N) is 1. The van der Waals surface area contributed by atoms with Gasteiger partial charge in [-0.05, 0) is 37.6 Å². The number of ether oxygens (including phenoxy) is 3. The van der Waals surface area contributed by atoms with E-state index in [4.69, 9.17) is 9.47 Å². The first kappa shape index (κ1) is 19.8. The molecule has 0 aliphatic carbocycles. The van der Waals surface area contributed by atoms with Crippen molar-refractivity contribution < 1.29 is 23.8 Å². The average Bonchev–Trinajstić information content (AvgIpc) is 2.61. The van der Waals surface area contributed by atoms with Gasteiger partial charge in [-0.1, -0.05) is 13.3 Å². The maximum atomic E-state index is 12.3. The number of benzene rings is 1. The van der Waals surface area contributed by atoms with Gasteiger partial charge in [0.2, 0.25) is 0 Å². The monoisotopic (exact) mass is 337 g/mol. The van der Waals surface area contributed by atoms with Crippen molar-refractivity contribution in [3.63, 3.8) is 0 Å². The van der Waals surface area contributed by atoms with Gasteiger partial charge in [-0.25, -0.2) is 0 Å². The van der Waals surface area contributed by atoms with Crippen molar-refractivity contribution >= 4 is 11.9 Å². The molecule has 0 aliphatic rings. The second-order valence-electron chi connectivity index (χ2n) is 5.25. The molecule has 0 spiro atoms. The highest BCUT2D eigenvalue weighted by atomic mass is 16.5. The highest BCUT2D eigenvalue weighted by molar-refractivity contribution is 5.78. The zero-order valence-electron chi connectivity index (χ0n) is 14.7. The van der Waals surface area contributed by atoms with Crippen LogP contribution >= 0.6 is 0 Å². The molecule has 0 radical (unpaired) electrons. The van der Waals surface area contributed by atoms with Crippen molar-refractivity contribution in [2.75, 3.05) is 33.4 Å². The van der Waals surface area contributed by atoms with Crippen LogP contribution in [0.3, 0.4) is 0 Å². The maximum Gasteiger partial charge on any atom is 0.307 e. The molecule has 0 bridgehead atoms. The lowest BCUT2D eigenvalue weighted by molar-refractivity contribution is -0.142. The molecule has 1 aromatic carbocycles. The molecule has 0 saturated carbocycles. The normalized spacial score (nSPS) is 10.1. The minimum Gasteiger partial charge on any atom is -0.494 e. The van der Waals surface area contributed by atoms with E-state index in [9.17, 15) is 9.59 Å². The number of hydrogen-bond donors (Lipinski definition) is 0. The maximum absolute atomic E-state index is 12.3. The Balaban J connectivity index is 2.51. The van der Waals surface area contributed by atoms with Gasteiger partial charge in [0, 0.05) is 13.1 Å². The van der Waals surface area contributed by atoms with E-state index in [0.717, 1.165) is 18.6 Å². The Labute approximate surface area is 143 Å². The first-order valence-electron chi connectivity index (χ1n) is 8.30. The van der Waals surface area contributed by atoms with Gasteiger partial charge in [-0.3, -0.25) is 9.59 Å². The van der Waals surface area contributed by atoms with Crippen LogP contribution in [0.5, 0.6) is 11.5 Å². The summed E-state index contributed by atoms with van der Waals surface area (Å²) in [7, 11) is 1.34. The predicted molar refractivity (Wildman–Crippen MR) is 91.2 cm³/mol. The summed E-state index contributed by atoms with van der Waals surface area (Å²) in [6.07, 6.45) is 2.05. The molecule has 0 atom stereocenters. The van der Waals surface area contributed by atoms with Crippen LogP contribution in [0.15, 0.2) is 24.3 Å². The fourth-order valence-electron chi connectivity index (χ4n) is 2.07. The minimum atomic E-state index is -0.322. The second kappa shape index (κ2) is 11.3. The van der Waals surface area contributed by atoms with Crippen LogP contribution < -0.4 is 9.47 Å². The summed E-state index contributed by atoms with van der Waals surface area (Å²) >= 11 is 0. The summed E-state index contributed by atoms with van der Waals surface area (Å²) < 4.78 is 15.5. The van der Waals surface area contributed by atoms with E-state index in [2.05, 4.69) is 11.7 Å². The van der Waals surface area contributed by atoms with E-state index in [-0.39, 0.29) is 24.9 Å². The van der Waals surface area contributed by atoms with Crippen molar-refractivity contribution in [2.24, 2.45) is 0 Å². The van der Waals surface area contributed by atoms with E-state index in [1.165, 1.54) is 7.11 Å². The summed E-state index contributed by atoms with van der Waals surface area (Å²) in [6.45, 7) is 5.48. The summed E-state index contributed by atoms with van der Waals surface area (Å²) in [5.74, 6) is 0.909. The number of esters is 1. The lowest BCUT2D eigenvalue weighted by atomic mass is 10.3. The van der Waals surface area contributed by atoms with Gasteiger partial charge in [0.25, 0.3) is 5.91 Å². The van der Waals surface area contributed by atoms with E-state index in [1.54, 1.807) is 29.2 Å². The highest BCUT2D eigenvalue weighted by Gasteiger charge is 2.15. The lowest BCUT2D eigenvalue weighted by Crippen LogP contribution is -2.37. The van der Waals surface area contributed by atoms with Crippen LogP contribution in [-0.2, 0) is 14.3 Å².